The zero-order chi connectivity index (χ0) is 19.1. The van der Waals surface area contributed by atoms with Crippen LogP contribution >= 0.6 is 0 Å². The van der Waals surface area contributed by atoms with Crippen LogP contribution < -0.4 is 0 Å². The molecular weight excluding hydrogens is 356 g/mol. The summed E-state index contributed by atoms with van der Waals surface area (Å²) >= 11 is 0. The van der Waals surface area contributed by atoms with Crippen molar-refractivity contribution in [1.82, 2.24) is 0 Å². The fraction of sp³-hybridized carbons (Fsp3) is 0.150. The number of sulfone groups is 1. The van der Waals surface area contributed by atoms with Gasteiger partial charge in [-0.15, -0.1) is 0 Å². The van der Waals surface area contributed by atoms with Gasteiger partial charge in [0.25, 0.3) is 0 Å². The third-order valence-corrected chi connectivity index (χ3v) is 5.41. The second kappa shape index (κ2) is 6.50. The lowest BCUT2D eigenvalue weighted by atomic mass is 9.92. The van der Waals surface area contributed by atoms with Crippen LogP contribution in [-0.2, 0) is 9.84 Å². The first kappa shape index (κ1) is 18.0. The summed E-state index contributed by atoms with van der Waals surface area (Å²) in [5, 5.41) is 9.05. The largest absolute Gasteiger partial charge is 0.224 e. The summed E-state index contributed by atoms with van der Waals surface area (Å²) in [5.74, 6) is -1.77. The molecule has 26 heavy (non-hydrogen) atoms. The summed E-state index contributed by atoms with van der Waals surface area (Å²) in [6.07, 6.45) is 5.04. The number of aryl methyl sites for hydroxylation is 1. The molecule has 0 spiro atoms. The highest BCUT2D eigenvalue weighted by atomic mass is 32.2. The molecule has 0 heterocycles. The Morgan fingerprint density at radius 1 is 1.04 bits per heavy atom. The molecule has 0 radical (unpaired) electrons. The van der Waals surface area contributed by atoms with Gasteiger partial charge in [-0.05, 0) is 53.8 Å². The van der Waals surface area contributed by atoms with Crippen LogP contribution in [0.15, 0.2) is 47.4 Å². The molecule has 0 saturated heterocycles. The Bertz CT molecular complexity index is 1120. The van der Waals surface area contributed by atoms with Gasteiger partial charge in [0.2, 0.25) is 0 Å². The minimum atomic E-state index is -3.85. The molecule has 2 aromatic rings. The molecule has 2 aromatic carbocycles. The van der Waals surface area contributed by atoms with Crippen molar-refractivity contribution in [3.8, 4) is 6.07 Å². The smallest absolute Gasteiger partial charge is 0.178 e. The van der Waals surface area contributed by atoms with Crippen LogP contribution in [0, 0.1) is 29.9 Å². The summed E-state index contributed by atoms with van der Waals surface area (Å²) in [7, 11) is -3.85. The zero-order valence-corrected chi connectivity index (χ0v) is 15.0. The lowest BCUT2D eigenvalue weighted by Gasteiger charge is -2.13. The van der Waals surface area contributed by atoms with Gasteiger partial charge in [-0.1, -0.05) is 24.3 Å². The van der Waals surface area contributed by atoms with Gasteiger partial charge in [-0.25, -0.2) is 17.2 Å². The van der Waals surface area contributed by atoms with Crippen LogP contribution in [0.3, 0.4) is 0 Å². The van der Waals surface area contributed by atoms with E-state index in [0.29, 0.717) is 17.6 Å². The molecule has 3 nitrogen and oxygen atoms in total. The molecule has 0 unspecified atom stereocenters. The zero-order valence-electron chi connectivity index (χ0n) is 14.2. The van der Waals surface area contributed by atoms with E-state index in [0.717, 1.165) is 35.1 Å². The van der Waals surface area contributed by atoms with Crippen molar-refractivity contribution in [2.45, 2.75) is 18.2 Å². The number of rotatable bonds is 3. The molecule has 0 bridgehead atoms. The Kier molecular flexibility index (Phi) is 4.51. The molecule has 1 aliphatic rings. The van der Waals surface area contributed by atoms with Gasteiger partial charge in [-0.2, -0.15) is 5.26 Å². The predicted octanol–water partition coefficient (Wildman–Crippen LogP) is 4.42. The summed E-state index contributed by atoms with van der Waals surface area (Å²) in [6, 6.07) is 9.01. The molecular formula is C20H15F2NO2S. The first-order valence-corrected chi connectivity index (χ1v) is 9.73. The number of allylic oxidation sites excluding steroid dienone is 4. The molecule has 3 rings (SSSR count). The second-order valence-electron chi connectivity index (χ2n) is 6.15. The second-order valence-corrected chi connectivity index (χ2v) is 8.13. The normalized spacial score (nSPS) is 14.0. The third-order valence-electron chi connectivity index (χ3n) is 4.30. The average Bonchev–Trinajstić information content (AvgIpc) is 3.05. The van der Waals surface area contributed by atoms with E-state index in [9.17, 15) is 17.2 Å². The summed E-state index contributed by atoms with van der Waals surface area (Å²) in [5.41, 5.74) is 3.37. The van der Waals surface area contributed by atoms with Gasteiger partial charge in [0.15, 0.2) is 9.84 Å². The number of hydrogen-bond donors (Lipinski definition) is 0. The molecule has 0 aromatic heterocycles. The van der Waals surface area contributed by atoms with Crippen LogP contribution in [0.2, 0.25) is 0 Å². The van der Waals surface area contributed by atoms with E-state index >= 15 is 0 Å². The fourth-order valence-corrected chi connectivity index (χ4v) is 3.75. The summed E-state index contributed by atoms with van der Waals surface area (Å²) in [6.45, 7) is 1.81. The highest BCUT2D eigenvalue weighted by Gasteiger charge is 2.23. The lowest BCUT2D eigenvalue weighted by Crippen LogP contribution is -2.04. The van der Waals surface area contributed by atoms with Gasteiger partial charge in [0.05, 0.1) is 11.6 Å². The molecule has 0 saturated carbocycles. The van der Waals surface area contributed by atoms with Gasteiger partial charge in [0, 0.05) is 11.8 Å². The van der Waals surface area contributed by atoms with E-state index in [4.69, 9.17) is 5.26 Å². The minimum absolute atomic E-state index is 0.0145. The van der Waals surface area contributed by atoms with Gasteiger partial charge in [-0.3, -0.25) is 0 Å². The van der Waals surface area contributed by atoms with Crippen LogP contribution in [-0.4, -0.2) is 14.7 Å². The predicted molar refractivity (Wildman–Crippen MR) is 95.9 cm³/mol. The molecule has 6 heteroatoms. The third kappa shape index (κ3) is 3.18. The van der Waals surface area contributed by atoms with Crippen molar-refractivity contribution in [3.05, 3.63) is 76.4 Å². The number of nitriles is 1. The Morgan fingerprint density at radius 2 is 1.73 bits per heavy atom. The topological polar surface area (TPSA) is 57.9 Å². The van der Waals surface area contributed by atoms with Crippen LogP contribution in [0.5, 0.6) is 0 Å². The number of nitrogens with zero attached hydrogens (tertiary/aromatic N) is 1. The van der Waals surface area contributed by atoms with Crippen LogP contribution in [0.1, 0.15) is 28.7 Å². The maximum absolute atomic E-state index is 14.6. The van der Waals surface area contributed by atoms with Gasteiger partial charge in [0.1, 0.15) is 16.5 Å². The SMILES string of the molecule is Cc1cc(C2=CCC=C2c2cc(F)c(S(C)(=O)=O)cc2F)ccc1C#N. The first-order chi connectivity index (χ1) is 12.2. The molecule has 0 atom stereocenters. The molecule has 0 fully saturated rings. The van der Waals surface area contributed by atoms with Gasteiger partial charge < -0.3 is 0 Å². The fourth-order valence-electron chi connectivity index (χ4n) is 3.02. The lowest BCUT2D eigenvalue weighted by molar-refractivity contribution is 0.554. The highest BCUT2D eigenvalue weighted by molar-refractivity contribution is 7.90. The number of benzene rings is 2. The molecule has 0 aliphatic heterocycles. The number of hydrogen-bond acceptors (Lipinski definition) is 3. The van der Waals surface area contributed by atoms with Crippen LogP contribution in [0.4, 0.5) is 8.78 Å². The standard InChI is InChI=1S/C20H15F2NO2S/c1-12-8-13(6-7-14(12)11-23)15-4-3-5-16(15)17-9-19(22)20(10-18(17)21)26(2,24)25/h4-10H,3H2,1-2H3. The maximum atomic E-state index is 14.6. The Labute approximate surface area is 150 Å². The Hall–Kier alpha value is -2.78. The van der Waals surface area contributed by atoms with E-state index in [1.165, 1.54) is 0 Å². The van der Waals surface area contributed by atoms with Crippen molar-refractivity contribution < 1.29 is 17.2 Å². The quantitative estimate of drug-likeness (QED) is 0.802. The summed E-state index contributed by atoms with van der Waals surface area (Å²) < 4.78 is 51.9. The minimum Gasteiger partial charge on any atom is -0.224 e. The monoisotopic (exact) mass is 371 g/mol. The van der Waals surface area contributed by atoms with Gasteiger partial charge >= 0.3 is 0 Å². The molecule has 0 amide bonds. The van der Waals surface area contributed by atoms with Crippen molar-refractivity contribution in [2.24, 2.45) is 0 Å². The average molecular weight is 371 g/mol. The van der Waals surface area contributed by atoms with E-state index in [2.05, 4.69) is 6.07 Å². The van der Waals surface area contributed by atoms with Crippen LogP contribution in [0.25, 0.3) is 11.1 Å². The maximum Gasteiger partial charge on any atom is 0.178 e. The highest BCUT2D eigenvalue weighted by Crippen LogP contribution is 2.38. The molecule has 132 valence electrons. The summed E-state index contributed by atoms with van der Waals surface area (Å²) in [4.78, 5) is -0.655. The molecule has 0 N–H and O–H groups in total. The Balaban J connectivity index is 2.08. The first-order valence-electron chi connectivity index (χ1n) is 7.83. The van der Waals surface area contributed by atoms with Crippen molar-refractivity contribution >= 4 is 21.0 Å². The van der Waals surface area contributed by atoms with E-state index in [1.54, 1.807) is 18.2 Å². The van der Waals surface area contributed by atoms with Crippen molar-refractivity contribution in [3.63, 3.8) is 0 Å². The number of halogens is 2. The van der Waals surface area contributed by atoms with Crippen molar-refractivity contribution in [2.75, 3.05) is 6.26 Å². The van der Waals surface area contributed by atoms with Crippen molar-refractivity contribution in [1.29, 1.82) is 5.26 Å². The molecule has 1 aliphatic carbocycles. The van der Waals surface area contributed by atoms with E-state index < -0.39 is 26.4 Å². The van der Waals surface area contributed by atoms with E-state index in [1.807, 2.05) is 19.1 Å². The van der Waals surface area contributed by atoms with E-state index in [-0.39, 0.29) is 5.56 Å². The Morgan fingerprint density at radius 3 is 2.35 bits per heavy atom.